The van der Waals surface area contributed by atoms with Crippen LogP contribution in [0.3, 0.4) is 0 Å². The molecule has 1 saturated heterocycles. The molecule has 0 saturated carbocycles. The van der Waals surface area contributed by atoms with E-state index in [1.165, 1.54) is 6.07 Å². The van der Waals surface area contributed by atoms with Gasteiger partial charge in [0.25, 0.3) is 5.91 Å². The Kier molecular flexibility index (Phi) is 5.32. The van der Waals surface area contributed by atoms with E-state index < -0.39 is 5.97 Å². The Hall–Kier alpha value is -3.56. The summed E-state index contributed by atoms with van der Waals surface area (Å²) >= 11 is 0. The van der Waals surface area contributed by atoms with Crippen LogP contribution in [0.15, 0.2) is 41.3 Å². The van der Waals surface area contributed by atoms with Gasteiger partial charge in [-0.2, -0.15) is 0 Å². The lowest BCUT2D eigenvalue weighted by atomic mass is 10.0. The van der Waals surface area contributed by atoms with E-state index in [1.807, 2.05) is 18.3 Å². The van der Waals surface area contributed by atoms with Gasteiger partial charge in [0.2, 0.25) is 5.76 Å². The molecule has 1 unspecified atom stereocenters. The van der Waals surface area contributed by atoms with E-state index in [4.69, 9.17) is 9.26 Å². The van der Waals surface area contributed by atoms with Gasteiger partial charge in [-0.05, 0) is 37.8 Å². The molecule has 10 heteroatoms. The van der Waals surface area contributed by atoms with Crippen molar-refractivity contribution in [2.75, 3.05) is 19.7 Å². The van der Waals surface area contributed by atoms with Gasteiger partial charge in [0, 0.05) is 31.5 Å². The van der Waals surface area contributed by atoms with Crippen molar-refractivity contribution < 1.29 is 18.8 Å². The monoisotopic (exact) mass is 396 g/mol. The van der Waals surface area contributed by atoms with Crippen LogP contribution in [0.25, 0.3) is 5.69 Å². The summed E-state index contributed by atoms with van der Waals surface area (Å²) in [6, 6.07) is 5.04. The average molecular weight is 396 g/mol. The van der Waals surface area contributed by atoms with Gasteiger partial charge in [0.05, 0.1) is 24.2 Å². The van der Waals surface area contributed by atoms with Crippen LogP contribution in [-0.4, -0.2) is 61.6 Å². The third-order valence-corrected chi connectivity index (χ3v) is 4.74. The molecule has 0 bridgehead atoms. The maximum Gasteiger partial charge on any atom is 0.360 e. The quantitative estimate of drug-likeness (QED) is 0.576. The maximum atomic E-state index is 12.6. The van der Waals surface area contributed by atoms with Crippen LogP contribution in [0, 0.1) is 5.92 Å². The van der Waals surface area contributed by atoms with E-state index in [0.717, 1.165) is 24.2 Å². The SMILES string of the molecule is CCOC(=O)c1cc(C(=O)N2CCC(Cc3cn(-c4ccncc4)nn3)C2)on1. The Morgan fingerprint density at radius 2 is 2.14 bits per heavy atom. The first-order valence-corrected chi connectivity index (χ1v) is 9.38. The Morgan fingerprint density at radius 1 is 1.31 bits per heavy atom. The predicted octanol–water partition coefficient (Wildman–Crippen LogP) is 1.53. The first-order chi connectivity index (χ1) is 14.1. The van der Waals surface area contributed by atoms with Crippen LogP contribution in [0.4, 0.5) is 0 Å². The molecule has 0 spiro atoms. The lowest BCUT2D eigenvalue weighted by Crippen LogP contribution is -2.28. The Labute approximate surface area is 166 Å². The van der Waals surface area contributed by atoms with Crippen molar-refractivity contribution in [1.29, 1.82) is 0 Å². The second-order valence-corrected chi connectivity index (χ2v) is 6.77. The number of nitrogens with zero attached hydrogens (tertiary/aromatic N) is 6. The standard InChI is InChI=1S/C19H20N6O4/c1-2-28-19(27)16-10-17(29-22-16)18(26)24-8-5-13(11-24)9-14-12-25(23-21-14)15-3-6-20-7-4-15/h3-4,6-7,10,12-13H,2,5,8-9,11H2,1H3. The number of hydrogen-bond acceptors (Lipinski definition) is 8. The Morgan fingerprint density at radius 3 is 2.93 bits per heavy atom. The van der Waals surface area contributed by atoms with Crippen LogP contribution >= 0.6 is 0 Å². The lowest BCUT2D eigenvalue weighted by molar-refractivity contribution is 0.0513. The molecule has 1 fully saturated rings. The number of amides is 1. The van der Waals surface area contributed by atoms with Gasteiger partial charge < -0.3 is 14.2 Å². The second kappa shape index (κ2) is 8.21. The molecule has 150 valence electrons. The fourth-order valence-electron chi connectivity index (χ4n) is 3.33. The summed E-state index contributed by atoms with van der Waals surface area (Å²) in [6.45, 7) is 3.12. The molecule has 10 nitrogen and oxygen atoms in total. The molecule has 0 aromatic carbocycles. The van der Waals surface area contributed by atoms with Gasteiger partial charge in [-0.25, -0.2) is 9.48 Å². The predicted molar refractivity (Wildman–Crippen MR) is 99.3 cm³/mol. The van der Waals surface area contributed by atoms with Gasteiger partial charge in [0.15, 0.2) is 5.69 Å². The molecule has 1 amide bonds. The number of carbonyl (C=O) groups excluding carboxylic acids is 2. The van der Waals surface area contributed by atoms with E-state index in [0.29, 0.717) is 13.1 Å². The first-order valence-electron chi connectivity index (χ1n) is 9.38. The first kappa shape index (κ1) is 18.8. The van der Waals surface area contributed by atoms with Crippen LogP contribution < -0.4 is 0 Å². The normalized spacial score (nSPS) is 16.2. The zero-order valence-corrected chi connectivity index (χ0v) is 15.9. The topological polar surface area (TPSA) is 116 Å². The van der Waals surface area contributed by atoms with E-state index in [9.17, 15) is 9.59 Å². The highest BCUT2D eigenvalue weighted by molar-refractivity contribution is 5.95. The third-order valence-electron chi connectivity index (χ3n) is 4.74. The van der Waals surface area contributed by atoms with Crippen LogP contribution in [-0.2, 0) is 11.2 Å². The molecular formula is C19H20N6O4. The van der Waals surface area contributed by atoms with Gasteiger partial charge in [0.1, 0.15) is 0 Å². The van der Waals surface area contributed by atoms with Crippen molar-refractivity contribution in [3.8, 4) is 5.69 Å². The van der Waals surface area contributed by atoms with Crippen molar-refractivity contribution in [3.63, 3.8) is 0 Å². The van der Waals surface area contributed by atoms with Crippen molar-refractivity contribution in [3.05, 3.63) is 53.9 Å². The fraction of sp³-hybridized carbons (Fsp3) is 0.368. The largest absolute Gasteiger partial charge is 0.461 e. The molecule has 1 aliphatic rings. The maximum absolute atomic E-state index is 12.6. The van der Waals surface area contributed by atoms with E-state index >= 15 is 0 Å². The molecule has 3 aromatic heterocycles. The van der Waals surface area contributed by atoms with Crippen LogP contribution in [0.2, 0.25) is 0 Å². The molecule has 3 aromatic rings. The molecule has 0 N–H and O–H groups in total. The molecule has 0 radical (unpaired) electrons. The molecular weight excluding hydrogens is 376 g/mol. The Bertz CT molecular complexity index is 999. The third kappa shape index (κ3) is 4.15. The number of carbonyl (C=O) groups is 2. The molecule has 4 rings (SSSR count). The zero-order chi connectivity index (χ0) is 20.2. The molecule has 1 atom stereocenters. The molecule has 4 heterocycles. The second-order valence-electron chi connectivity index (χ2n) is 6.77. The zero-order valence-electron chi connectivity index (χ0n) is 15.9. The summed E-state index contributed by atoms with van der Waals surface area (Å²) in [5.41, 5.74) is 1.76. The number of likely N-dealkylation sites (tertiary alicyclic amines) is 1. The fourth-order valence-corrected chi connectivity index (χ4v) is 3.33. The molecule has 29 heavy (non-hydrogen) atoms. The van der Waals surface area contributed by atoms with E-state index in [2.05, 4.69) is 20.5 Å². The van der Waals surface area contributed by atoms with Crippen LogP contribution in [0.5, 0.6) is 0 Å². The number of pyridine rings is 1. The highest BCUT2D eigenvalue weighted by Gasteiger charge is 2.30. The smallest absolute Gasteiger partial charge is 0.360 e. The van der Waals surface area contributed by atoms with Gasteiger partial charge in [-0.3, -0.25) is 9.78 Å². The average Bonchev–Trinajstić information content (AvgIpc) is 3.50. The lowest BCUT2D eigenvalue weighted by Gasteiger charge is -2.14. The van der Waals surface area contributed by atoms with Crippen molar-refractivity contribution in [1.82, 2.24) is 30.0 Å². The number of hydrogen-bond donors (Lipinski definition) is 0. The highest BCUT2D eigenvalue weighted by Crippen LogP contribution is 2.22. The number of rotatable bonds is 6. The summed E-state index contributed by atoms with van der Waals surface area (Å²) < 4.78 is 11.6. The minimum Gasteiger partial charge on any atom is -0.461 e. The van der Waals surface area contributed by atoms with Crippen molar-refractivity contribution in [2.24, 2.45) is 5.92 Å². The van der Waals surface area contributed by atoms with E-state index in [1.54, 1.807) is 28.9 Å². The van der Waals surface area contributed by atoms with Gasteiger partial charge >= 0.3 is 5.97 Å². The highest BCUT2D eigenvalue weighted by atomic mass is 16.5. The number of ether oxygens (including phenoxy) is 1. The van der Waals surface area contributed by atoms with Crippen LogP contribution in [0.1, 0.15) is 40.1 Å². The summed E-state index contributed by atoms with van der Waals surface area (Å²) in [5.74, 6) is -0.575. The summed E-state index contributed by atoms with van der Waals surface area (Å²) in [6.07, 6.45) is 6.87. The van der Waals surface area contributed by atoms with Gasteiger partial charge in [-0.15, -0.1) is 5.10 Å². The summed E-state index contributed by atoms with van der Waals surface area (Å²) in [5, 5.41) is 12.0. The van der Waals surface area contributed by atoms with Gasteiger partial charge in [-0.1, -0.05) is 10.4 Å². The summed E-state index contributed by atoms with van der Waals surface area (Å²) in [7, 11) is 0. The molecule has 1 aliphatic heterocycles. The molecule has 0 aliphatic carbocycles. The minimum absolute atomic E-state index is 0.00123. The Balaban J connectivity index is 1.35. The van der Waals surface area contributed by atoms with Crippen molar-refractivity contribution >= 4 is 11.9 Å². The summed E-state index contributed by atoms with van der Waals surface area (Å²) in [4.78, 5) is 30.0. The number of esters is 1. The van der Waals surface area contributed by atoms with E-state index in [-0.39, 0.29) is 29.9 Å². The minimum atomic E-state index is -0.605. The van der Waals surface area contributed by atoms with Crippen molar-refractivity contribution in [2.45, 2.75) is 19.8 Å². The number of aromatic nitrogens is 5.